The maximum atomic E-state index is 4.42. The molecular formula is C11H20N4. The summed E-state index contributed by atoms with van der Waals surface area (Å²) in [6.45, 7) is 6.35. The molecule has 0 spiro atoms. The van der Waals surface area contributed by atoms with E-state index in [1.165, 1.54) is 0 Å². The summed E-state index contributed by atoms with van der Waals surface area (Å²) in [7, 11) is 3.90. The van der Waals surface area contributed by atoms with Crippen LogP contribution >= 0.6 is 0 Å². The minimum Gasteiger partial charge on any atom is -0.357 e. The first-order chi connectivity index (χ1) is 7.08. The van der Waals surface area contributed by atoms with Gasteiger partial charge in [-0.2, -0.15) is 4.98 Å². The van der Waals surface area contributed by atoms with Crippen molar-refractivity contribution in [1.82, 2.24) is 9.97 Å². The lowest BCUT2D eigenvalue weighted by Crippen LogP contribution is -2.29. The Kier molecular flexibility index (Phi) is 3.88. The van der Waals surface area contributed by atoms with E-state index in [0.717, 1.165) is 17.9 Å². The van der Waals surface area contributed by atoms with Crippen LogP contribution in [0.25, 0.3) is 0 Å². The lowest BCUT2D eigenvalue weighted by atomic mass is 10.2. The Morgan fingerprint density at radius 3 is 2.67 bits per heavy atom. The fourth-order valence-corrected chi connectivity index (χ4v) is 1.34. The number of aromatic nitrogens is 2. The molecule has 1 atom stereocenters. The Labute approximate surface area is 91.7 Å². The van der Waals surface area contributed by atoms with Crippen molar-refractivity contribution in [3.8, 4) is 0 Å². The van der Waals surface area contributed by atoms with Gasteiger partial charge in [0.15, 0.2) is 0 Å². The summed E-state index contributed by atoms with van der Waals surface area (Å²) < 4.78 is 0. The van der Waals surface area contributed by atoms with Crippen molar-refractivity contribution in [1.29, 1.82) is 0 Å². The van der Waals surface area contributed by atoms with Crippen molar-refractivity contribution in [3.63, 3.8) is 0 Å². The lowest BCUT2D eigenvalue weighted by molar-refractivity contribution is 0.656. The zero-order chi connectivity index (χ0) is 11.4. The zero-order valence-electron chi connectivity index (χ0n) is 10.2. The quantitative estimate of drug-likeness (QED) is 0.822. The van der Waals surface area contributed by atoms with Crippen LogP contribution < -0.4 is 10.2 Å². The van der Waals surface area contributed by atoms with Gasteiger partial charge in [0.1, 0.15) is 5.82 Å². The fraction of sp³-hybridized carbons (Fsp3) is 0.636. The van der Waals surface area contributed by atoms with Gasteiger partial charge < -0.3 is 10.2 Å². The monoisotopic (exact) mass is 208 g/mol. The number of rotatable bonds is 4. The van der Waals surface area contributed by atoms with Crippen LogP contribution in [0.4, 0.5) is 11.8 Å². The van der Waals surface area contributed by atoms with Crippen LogP contribution in [0.2, 0.25) is 0 Å². The predicted octanol–water partition coefficient (Wildman–Crippen LogP) is 2.06. The van der Waals surface area contributed by atoms with Crippen molar-refractivity contribution in [2.45, 2.75) is 33.2 Å². The summed E-state index contributed by atoms with van der Waals surface area (Å²) in [5, 5.41) is 2.97. The normalized spacial score (nSPS) is 12.3. The van der Waals surface area contributed by atoms with E-state index < -0.39 is 0 Å². The summed E-state index contributed by atoms with van der Waals surface area (Å²) in [5.41, 5.74) is 0.986. The predicted molar refractivity (Wildman–Crippen MR) is 64.5 cm³/mol. The van der Waals surface area contributed by atoms with Crippen molar-refractivity contribution in [3.05, 3.63) is 11.8 Å². The number of hydrogen-bond donors (Lipinski definition) is 1. The van der Waals surface area contributed by atoms with Crippen molar-refractivity contribution < 1.29 is 0 Å². The minimum absolute atomic E-state index is 0.490. The molecule has 0 bridgehead atoms. The maximum Gasteiger partial charge on any atom is 0.224 e. The molecule has 1 aromatic heterocycles. The highest BCUT2D eigenvalue weighted by Gasteiger charge is 2.10. The second-order valence-electron chi connectivity index (χ2n) is 3.81. The van der Waals surface area contributed by atoms with Gasteiger partial charge in [-0.15, -0.1) is 0 Å². The molecule has 0 aliphatic carbocycles. The van der Waals surface area contributed by atoms with Crippen LogP contribution in [0.5, 0.6) is 0 Å². The molecule has 0 saturated heterocycles. The third-order valence-corrected chi connectivity index (χ3v) is 2.68. The van der Waals surface area contributed by atoms with Gasteiger partial charge in [0.25, 0.3) is 0 Å². The summed E-state index contributed by atoms with van der Waals surface area (Å²) in [4.78, 5) is 10.9. The molecule has 1 N–H and O–H groups in total. The van der Waals surface area contributed by atoms with E-state index in [1.54, 1.807) is 0 Å². The second kappa shape index (κ2) is 4.96. The first-order valence-corrected chi connectivity index (χ1v) is 5.34. The molecule has 1 rings (SSSR count). The summed E-state index contributed by atoms with van der Waals surface area (Å²) >= 11 is 0. The first-order valence-electron chi connectivity index (χ1n) is 5.34. The SMILES string of the molecule is CCC(C)N(C)c1cc(C)nc(NC)n1. The molecule has 1 heterocycles. The van der Waals surface area contributed by atoms with E-state index in [2.05, 4.69) is 41.1 Å². The Bertz CT molecular complexity index is 324. The average molecular weight is 208 g/mol. The Morgan fingerprint density at radius 1 is 1.47 bits per heavy atom. The number of aryl methyl sites for hydroxylation is 1. The van der Waals surface area contributed by atoms with Gasteiger partial charge in [0.05, 0.1) is 0 Å². The highest BCUT2D eigenvalue weighted by molar-refractivity contribution is 5.44. The molecule has 4 heteroatoms. The van der Waals surface area contributed by atoms with Gasteiger partial charge >= 0.3 is 0 Å². The van der Waals surface area contributed by atoms with E-state index >= 15 is 0 Å². The molecule has 1 unspecified atom stereocenters. The standard InChI is InChI=1S/C11H20N4/c1-6-9(3)15(5)10-7-8(2)13-11(12-4)14-10/h7,9H,6H2,1-5H3,(H,12,13,14). The number of nitrogens with one attached hydrogen (secondary N) is 1. The molecule has 0 aromatic carbocycles. The Morgan fingerprint density at radius 2 is 2.13 bits per heavy atom. The Balaban J connectivity index is 2.97. The van der Waals surface area contributed by atoms with E-state index in [9.17, 15) is 0 Å². The van der Waals surface area contributed by atoms with E-state index in [0.29, 0.717) is 12.0 Å². The van der Waals surface area contributed by atoms with Crippen LogP contribution in [0.1, 0.15) is 26.0 Å². The highest BCUT2D eigenvalue weighted by atomic mass is 15.2. The molecule has 0 amide bonds. The van der Waals surface area contributed by atoms with Crippen molar-refractivity contribution in [2.24, 2.45) is 0 Å². The van der Waals surface area contributed by atoms with Crippen LogP contribution in [0, 0.1) is 6.92 Å². The summed E-state index contributed by atoms with van der Waals surface area (Å²) in [5.74, 6) is 1.65. The lowest BCUT2D eigenvalue weighted by Gasteiger charge is -2.25. The maximum absolute atomic E-state index is 4.42. The zero-order valence-corrected chi connectivity index (χ0v) is 10.2. The molecular weight excluding hydrogens is 188 g/mol. The van der Waals surface area contributed by atoms with Crippen LogP contribution in [0.15, 0.2) is 6.07 Å². The van der Waals surface area contributed by atoms with Crippen molar-refractivity contribution >= 4 is 11.8 Å². The van der Waals surface area contributed by atoms with Gasteiger partial charge in [-0.1, -0.05) is 6.92 Å². The molecule has 15 heavy (non-hydrogen) atoms. The van der Waals surface area contributed by atoms with Gasteiger partial charge in [-0.25, -0.2) is 4.98 Å². The second-order valence-corrected chi connectivity index (χ2v) is 3.81. The average Bonchev–Trinajstić information content (AvgIpc) is 2.26. The fourth-order valence-electron chi connectivity index (χ4n) is 1.34. The van der Waals surface area contributed by atoms with E-state index in [4.69, 9.17) is 0 Å². The highest BCUT2D eigenvalue weighted by Crippen LogP contribution is 2.16. The molecule has 0 radical (unpaired) electrons. The molecule has 0 saturated carbocycles. The molecule has 0 fully saturated rings. The molecule has 1 aromatic rings. The number of nitrogens with zero attached hydrogens (tertiary/aromatic N) is 3. The van der Waals surface area contributed by atoms with Crippen LogP contribution in [0.3, 0.4) is 0 Å². The molecule has 0 aliphatic rings. The van der Waals surface area contributed by atoms with Gasteiger partial charge in [-0.3, -0.25) is 0 Å². The van der Waals surface area contributed by atoms with Gasteiger partial charge in [0, 0.05) is 31.9 Å². The molecule has 0 aliphatic heterocycles. The Hall–Kier alpha value is -1.32. The van der Waals surface area contributed by atoms with E-state index in [1.807, 2.05) is 20.0 Å². The van der Waals surface area contributed by atoms with E-state index in [-0.39, 0.29) is 0 Å². The smallest absolute Gasteiger partial charge is 0.224 e. The molecule has 4 nitrogen and oxygen atoms in total. The topological polar surface area (TPSA) is 41.1 Å². The van der Waals surface area contributed by atoms with Crippen molar-refractivity contribution in [2.75, 3.05) is 24.3 Å². The number of hydrogen-bond acceptors (Lipinski definition) is 4. The first kappa shape index (κ1) is 11.8. The van der Waals surface area contributed by atoms with Gasteiger partial charge in [-0.05, 0) is 20.3 Å². The summed E-state index contributed by atoms with van der Waals surface area (Å²) in [6.07, 6.45) is 1.11. The minimum atomic E-state index is 0.490. The van der Waals surface area contributed by atoms with Crippen LogP contribution in [-0.4, -0.2) is 30.1 Å². The van der Waals surface area contributed by atoms with Crippen LogP contribution in [-0.2, 0) is 0 Å². The number of anilines is 2. The molecule has 84 valence electrons. The summed E-state index contributed by atoms with van der Waals surface area (Å²) in [6, 6.07) is 2.50. The third-order valence-electron chi connectivity index (χ3n) is 2.68. The third kappa shape index (κ3) is 2.81. The van der Waals surface area contributed by atoms with Gasteiger partial charge in [0.2, 0.25) is 5.95 Å². The largest absolute Gasteiger partial charge is 0.357 e.